The first kappa shape index (κ1) is 16.9. The average Bonchev–Trinajstić information content (AvgIpc) is 2.28. The molecule has 5 heteroatoms. The molecule has 0 aliphatic heterocycles. The van der Waals surface area contributed by atoms with Crippen LogP contribution in [0.5, 0.6) is 0 Å². The van der Waals surface area contributed by atoms with Crippen LogP contribution in [0.25, 0.3) is 0 Å². The molecule has 18 heavy (non-hydrogen) atoms. The van der Waals surface area contributed by atoms with Gasteiger partial charge in [-0.3, -0.25) is 9.59 Å². The van der Waals surface area contributed by atoms with Crippen molar-refractivity contribution in [3.05, 3.63) is 0 Å². The Morgan fingerprint density at radius 2 is 1.72 bits per heavy atom. The van der Waals surface area contributed by atoms with Gasteiger partial charge in [-0.2, -0.15) is 0 Å². The van der Waals surface area contributed by atoms with Crippen molar-refractivity contribution in [2.75, 3.05) is 6.54 Å². The number of hydrogen-bond acceptors (Lipinski definition) is 3. The third-order valence-electron chi connectivity index (χ3n) is 2.83. The monoisotopic (exact) mass is 259 g/mol. The summed E-state index contributed by atoms with van der Waals surface area (Å²) >= 11 is 0. The number of carbonyl (C=O) groups excluding carboxylic acids is 1. The Balaban J connectivity index is 3.95. The maximum absolute atomic E-state index is 11.8. The van der Waals surface area contributed by atoms with Gasteiger partial charge in [-0.25, -0.2) is 0 Å². The van der Waals surface area contributed by atoms with E-state index >= 15 is 0 Å². The number of carboxylic acids is 1. The second-order valence-corrected chi connectivity index (χ2v) is 4.53. The molecule has 5 nitrogen and oxygen atoms in total. The molecule has 0 aromatic rings. The molecule has 0 heterocycles. The zero-order valence-electron chi connectivity index (χ0n) is 11.4. The van der Waals surface area contributed by atoms with Crippen molar-refractivity contribution in [2.24, 2.45) is 0 Å². The molecule has 0 rings (SSSR count). The lowest BCUT2D eigenvalue weighted by molar-refractivity contribution is -0.143. The maximum atomic E-state index is 11.8. The summed E-state index contributed by atoms with van der Waals surface area (Å²) in [4.78, 5) is 23.5. The summed E-state index contributed by atoms with van der Waals surface area (Å²) in [5, 5.41) is 18.0. The topological polar surface area (TPSA) is 77.8 Å². The van der Waals surface area contributed by atoms with Crippen molar-refractivity contribution < 1.29 is 19.8 Å². The summed E-state index contributed by atoms with van der Waals surface area (Å²) in [5.41, 5.74) is 0. The molecule has 1 amide bonds. The van der Waals surface area contributed by atoms with E-state index in [1.54, 1.807) is 0 Å². The Morgan fingerprint density at radius 3 is 2.22 bits per heavy atom. The number of amides is 1. The van der Waals surface area contributed by atoms with Gasteiger partial charge in [0.15, 0.2) is 0 Å². The van der Waals surface area contributed by atoms with E-state index in [2.05, 4.69) is 6.92 Å². The number of carboxylic acid groups (broad SMARTS) is 1. The first-order chi connectivity index (χ1) is 8.49. The van der Waals surface area contributed by atoms with Gasteiger partial charge in [0.1, 0.15) is 6.23 Å². The van der Waals surface area contributed by atoms with Gasteiger partial charge in [0, 0.05) is 13.0 Å². The Labute approximate surface area is 109 Å². The number of carbonyl (C=O) groups is 2. The van der Waals surface area contributed by atoms with E-state index in [1.807, 2.05) is 0 Å². The van der Waals surface area contributed by atoms with E-state index in [0.29, 0.717) is 6.42 Å². The lowest BCUT2D eigenvalue weighted by Crippen LogP contribution is -2.39. The molecule has 0 saturated carbocycles. The summed E-state index contributed by atoms with van der Waals surface area (Å²) in [7, 11) is 0. The van der Waals surface area contributed by atoms with Crippen LogP contribution in [-0.2, 0) is 9.59 Å². The van der Waals surface area contributed by atoms with Gasteiger partial charge in [-0.1, -0.05) is 32.6 Å². The zero-order valence-corrected chi connectivity index (χ0v) is 11.4. The predicted molar refractivity (Wildman–Crippen MR) is 69.0 cm³/mol. The highest BCUT2D eigenvalue weighted by molar-refractivity contribution is 5.77. The smallest absolute Gasteiger partial charge is 0.305 e. The molecule has 0 aliphatic carbocycles. The largest absolute Gasteiger partial charge is 0.481 e. The van der Waals surface area contributed by atoms with Gasteiger partial charge in [-0.05, 0) is 13.3 Å². The Bertz CT molecular complexity index is 253. The molecule has 1 unspecified atom stereocenters. The number of unbranched alkanes of at least 4 members (excludes halogenated alkanes) is 4. The number of hydrogen-bond donors (Lipinski definition) is 2. The van der Waals surface area contributed by atoms with Crippen molar-refractivity contribution in [2.45, 2.75) is 65.0 Å². The highest BCUT2D eigenvalue weighted by Crippen LogP contribution is 2.09. The van der Waals surface area contributed by atoms with Crippen molar-refractivity contribution in [1.82, 2.24) is 4.90 Å². The molecule has 0 bridgehead atoms. The number of aliphatic hydroxyl groups excluding tert-OH is 1. The van der Waals surface area contributed by atoms with Crippen molar-refractivity contribution in [3.8, 4) is 0 Å². The van der Waals surface area contributed by atoms with Gasteiger partial charge in [0.25, 0.3) is 0 Å². The third kappa shape index (κ3) is 8.06. The second-order valence-electron chi connectivity index (χ2n) is 4.53. The van der Waals surface area contributed by atoms with E-state index in [9.17, 15) is 14.7 Å². The number of rotatable bonds is 10. The van der Waals surface area contributed by atoms with Crippen LogP contribution in [0.2, 0.25) is 0 Å². The molecule has 1 atom stereocenters. The van der Waals surface area contributed by atoms with Gasteiger partial charge in [0.2, 0.25) is 5.91 Å². The first-order valence-electron chi connectivity index (χ1n) is 6.68. The zero-order chi connectivity index (χ0) is 14.0. The summed E-state index contributed by atoms with van der Waals surface area (Å²) in [5.74, 6) is -1.13. The maximum Gasteiger partial charge on any atom is 0.305 e. The van der Waals surface area contributed by atoms with Crippen LogP contribution in [0.3, 0.4) is 0 Å². The van der Waals surface area contributed by atoms with E-state index in [1.165, 1.54) is 18.2 Å². The summed E-state index contributed by atoms with van der Waals surface area (Å²) < 4.78 is 0. The Kier molecular flexibility index (Phi) is 9.28. The fourth-order valence-corrected chi connectivity index (χ4v) is 1.76. The summed E-state index contributed by atoms with van der Waals surface area (Å²) in [6.45, 7) is 3.68. The normalized spacial score (nSPS) is 12.2. The SMILES string of the molecule is CCCCCCCC(=O)N(CCC(=O)O)C(C)O. The van der Waals surface area contributed by atoms with Gasteiger partial charge in [-0.15, -0.1) is 0 Å². The lowest BCUT2D eigenvalue weighted by Gasteiger charge is -2.25. The number of nitrogens with zero attached hydrogens (tertiary/aromatic N) is 1. The molecule has 106 valence electrons. The van der Waals surface area contributed by atoms with Gasteiger partial charge >= 0.3 is 5.97 Å². The first-order valence-corrected chi connectivity index (χ1v) is 6.68. The van der Waals surface area contributed by atoms with E-state index in [4.69, 9.17) is 5.11 Å². The molecule has 0 aromatic carbocycles. The molecule has 0 aliphatic rings. The molecule has 0 radical (unpaired) electrons. The lowest BCUT2D eigenvalue weighted by atomic mass is 10.1. The van der Waals surface area contributed by atoms with Crippen LogP contribution in [0, 0.1) is 0 Å². The highest BCUT2D eigenvalue weighted by atomic mass is 16.4. The molecule has 0 spiro atoms. The molecule has 0 saturated heterocycles. The van der Waals surface area contributed by atoms with Crippen LogP contribution in [0.4, 0.5) is 0 Å². The van der Waals surface area contributed by atoms with Gasteiger partial charge in [0.05, 0.1) is 6.42 Å². The van der Waals surface area contributed by atoms with Crippen molar-refractivity contribution >= 4 is 11.9 Å². The fourth-order valence-electron chi connectivity index (χ4n) is 1.76. The minimum atomic E-state index is -0.962. The minimum absolute atomic E-state index is 0.0702. The van der Waals surface area contributed by atoms with Gasteiger partial charge < -0.3 is 15.1 Å². The minimum Gasteiger partial charge on any atom is -0.481 e. The highest BCUT2D eigenvalue weighted by Gasteiger charge is 2.18. The third-order valence-corrected chi connectivity index (χ3v) is 2.83. The average molecular weight is 259 g/mol. The molecule has 0 fully saturated rings. The van der Waals surface area contributed by atoms with E-state index in [-0.39, 0.29) is 18.9 Å². The van der Waals surface area contributed by atoms with E-state index < -0.39 is 12.2 Å². The van der Waals surface area contributed by atoms with Crippen LogP contribution >= 0.6 is 0 Å². The van der Waals surface area contributed by atoms with E-state index in [0.717, 1.165) is 25.7 Å². The van der Waals surface area contributed by atoms with Crippen LogP contribution in [0.1, 0.15) is 58.8 Å². The number of aliphatic hydroxyl groups is 1. The Hall–Kier alpha value is -1.10. The number of aliphatic carboxylic acids is 1. The van der Waals surface area contributed by atoms with Crippen molar-refractivity contribution in [3.63, 3.8) is 0 Å². The fraction of sp³-hybridized carbons (Fsp3) is 0.846. The summed E-state index contributed by atoms with van der Waals surface area (Å²) in [6, 6.07) is 0. The quantitative estimate of drug-likeness (QED) is 0.464. The van der Waals surface area contributed by atoms with Crippen LogP contribution in [0.15, 0.2) is 0 Å². The molecular formula is C13H25NO4. The second kappa shape index (κ2) is 9.88. The van der Waals surface area contributed by atoms with Crippen LogP contribution in [-0.4, -0.2) is 39.8 Å². The Morgan fingerprint density at radius 1 is 1.11 bits per heavy atom. The standard InChI is InChI=1S/C13H25NO4/c1-3-4-5-6-7-8-12(16)14(11(2)15)10-9-13(17)18/h11,15H,3-10H2,1-2H3,(H,17,18). The molecule has 0 aromatic heterocycles. The van der Waals surface area contributed by atoms with Crippen LogP contribution < -0.4 is 0 Å². The van der Waals surface area contributed by atoms with Crippen molar-refractivity contribution in [1.29, 1.82) is 0 Å². The predicted octanol–water partition coefficient (Wildman–Crippen LogP) is 1.99. The summed E-state index contributed by atoms with van der Waals surface area (Å²) in [6.07, 6.45) is 4.59. The molecular weight excluding hydrogens is 234 g/mol. The molecule has 2 N–H and O–H groups in total.